The quantitative estimate of drug-likeness (QED) is 0.247. The highest BCUT2D eigenvalue weighted by Gasteiger charge is 2.26. The molecule has 2 aromatic carbocycles. The maximum absolute atomic E-state index is 13.6. The van der Waals surface area contributed by atoms with Crippen molar-refractivity contribution in [2.75, 3.05) is 45.4 Å². The minimum atomic E-state index is -3.81. The number of carbonyl (C=O) groups excluding carboxylic acids is 1. The van der Waals surface area contributed by atoms with Gasteiger partial charge in [0.05, 0.1) is 41.1 Å². The van der Waals surface area contributed by atoms with Crippen LogP contribution in [0.1, 0.15) is 16.1 Å². The number of carbonyl (C=O) groups is 1. The number of fused-ring (bicyclic) bond motifs is 1. The number of thiazole rings is 1. The molecule has 9 nitrogen and oxygen atoms in total. The molecule has 0 saturated heterocycles. The van der Waals surface area contributed by atoms with Crippen LogP contribution >= 0.6 is 22.9 Å². The van der Waals surface area contributed by atoms with Gasteiger partial charge in [-0.2, -0.15) is 4.31 Å². The molecule has 196 valence electrons. The first kappa shape index (κ1) is 27.2. The molecule has 4 aromatic rings. The Bertz CT molecular complexity index is 1430. The summed E-state index contributed by atoms with van der Waals surface area (Å²) in [4.78, 5) is 19.8. The summed E-state index contributed by atoms with van der Waals surface area (Å²) in [5.41, 5.74) is 1.03. The van der Waals surface area contributed by atoms with E-state index in [1.54, 1.807) is 30.3 Å². The van der Waals surface area contributed by atoms with Gasteiger partial charge >= 0.3 is 0 Å². The summed E-state index contributed by atoms with van der Waals surface area (Å²) in [6.07, 6.45) is 1.54. The molecule has 0 fully saturated rings. The second-order valence-corrected chi connectivity index (χ2v) is 11.4. The van der Waals surface area contributed by atoms with Crippen LogP contribution in [0.25, 0.3) is 10.2 Å². The number of anilines is 1. The Balaban J connectivity index is 1.63. The van der Waals surface area contributed by atoms with Gasteiger partial charge in [-0.25, -0.2) is 13.4 Å². The SMILES string of the molecule is COCCN(CCOC)S(=O)(=O)c1ccc(C(=O)N(Cc2ccco2)c2nc3ccc(Cl)cc3s2)cc1. The first-order valence-corrected chi connectivity index (χ1v) is 14.0. The molecule has 12 heteroatoms. The third-order valence-electron chi connectivity index (χ3n) is 5.54. The normalized spacial score (nSPS) is 11.9. The second-order valence-electron chi connectivity index (χ2n) is 7.99. The first-order valence-electron chi connectivity index (χ1n) is 11.3. The lowest BCUT2D eigenvalue weighted by Gasteiger charge is -2.22. The summed E-state index contributed by atoms with van der Waals surface area (Å²) in [5, 5.41) is 1.05. The van der Waals surface area contributed by atoms with Crippen LogP contribution in [-0.2, 0) is 26.0 Å². The van der Waals surface area contributed by atoms with Crippen molar-refractivity contribution in [3.8, 4) is 0 Å². The smallest absolute Gasteiger partial charge is 0.260 e. The summed E-state index contributed by atoms with van der Waals surface area (Å²) in [6.45, 7) is 1.01. The minimum absolute atomic E-state index is 0.0727. The number of hydrogen-bond donors (Lipinski definition) is 0. The summed E-state index contributed by atoms with van der Waals surface area (Å²) >= 11 is 7.46. The Hall–Kier alpha value is -2.80. The van der Waals surface area contributed by atoms with Gasteiger partial charge in [0, 0.05) is 37.9 Å². The summed E-state index contributed by atoms with van der Waals surface area (Å²) < 4.78 is 44.1. The molecule has 0 bridgehead atoms. The standard InChI is InChI=1S/C25H26ClN3O6S2/c1-33-14-11-28(12-15-34-2)37(31,32)21-8-5-18(6-9-21)24(30)29(17-20-4-3-13-35-20)25-27-22-10-7-19(26)16-23(22)36-25/h3-10,13,16H,11-12,14-15,17H2,1-2H3. The van der Waals surface area contributed by atoms with Crippen molar-refractivity contribution in [3.63, 3.8) is 0 Å². The van der Waals surface area contributed by atoms with Crippen molar-refractivity contribution < 1.29 is 27.1 Å². The topological polar surface area (TPSA) is 102 Å². The average molecular weight is 564 g/mol. The van der Waals surface area contributed by atoms with Crippen molar-refractivity contribution in [1.82, 2.24) is 9.29 Å². The van der Waals surface area contributed by atoms with E-state index < -0.39 is 10.0 Å². The molecule has 0 N–H and O–H groups in total. The van der Waals surface area contributed by atoms with Gasteiger partial charge in [0.2, 0.25) is 10.0 Å². The first-order chi connectivity index (χ1) is 17.8. The third-order valence-corrected chi connectivity index (χ3v) is 8.73. The van der Waals surface area contributed by atoms with Crippen LogP contribution in [0, 0.1) is 0 Å². The Morgan fingerprint density at radius 2 is 1.76 bits per heavy atom. The van der Waals surface area contributed by atoms with E-state index in [4.69, 9.17) is 25.5 Å². The van der Waals surface area contributed by atoms with Crippen molar-refractivity contribution in [3.05, 3.63) is 77.2 Å². The molecule has 4 rings (SSSR count). The number of methoxy groups -OCH3 is 2. The van der Waals surface area contributed by atoms with E-state index in [0.717, 1.165) is 10.2 Å². The molecule has 0 saturated carbocycles. The second kappa shape index (κ2) is 12.2. The Morgan fingerprint density at radius 3 is 2.38 bits per heavy atom. The summed E-state index contributed by atoms with van der Waals surface area (Å²) in [5.74, 6) is 0.234. The van der Waals surface area contributed by atoms with Crippen molar-refractivity contribution in [1.29, 1.82) is 0 Å². The van der Waals surface area contributed by atoms with Crippen molar-refractivity contribution in [2.45, 2.75) is 11.4 Å². The van der Waals surface area contributed by atoms with Gasteiger partial charge in [-0.1, -0.05) is 22.9 Å². The zero-order valence-corrected chi connectivity index (χ0v) is 22.7. The van der Waals surface area contributed by atoms with Crippen LogP contribution in [0.3, 0.4) is 0 Å². The lowest BCUT2D eigenvalue weighted by molar-refractivity contribution is 0.0983. The molecule has 37 heavy (non-hydrogen) atoms. The number of amides is 1. The van der Waals surface area contributed by atoms with E-state index in [-0.39, 0.29) is 43.7 Å². The number of benzene rings is 2. The Morgan fingerprint density at radius 1 is 1.05 bits per heavy atom. The number of rotatable bonds is 12. The van der Waals surface area contributed by atoms with Gasteiger partial charge in [-0.15, -0.1) is 0 Å². The minimum Gasteiger partial charge on any atom is -0.467 e. The van der Waals surface area contributed by atoms with Crippen LogP contribution in [-0.4, -0.2) is 64.1 Å². The molecule has 1 amide bonds. The van der Waals surface area contributed by atoms with E-state index >= 15 is 0 Å². The molecule has 0 atom stereocenters. The van der Waals surface area contributed by atoms with Gasteiger partial charge in [0.25, 0.3) is 5.91 Å². The van der Waals surface area contributed by atoms with Crippen LogP contribution in [0.2, 0.25) is 5.02 Å². The highest BCUT2D eigenvalue weighted by molar-refractivity contribution is 7.89. The van der Waals surface area contributed by atoms with Crippen LogP contribution in [0.15, 0.2) is 70.2 Å². The van der Waals surface area contributed by atoms with Gasteiger partial charge in [0.1, 0.15) is 5.76 Å². The van der Waals surface area contributed by atoms with E-state index in [2.05, 4.69) is 4.98 Å². The van der Waals surface area contributed by atoms with Crippen LogP contribution in [0.5, 0.6) is 0 Å². The number of aromatic nitrogens is 1. The molecule has 0 aliphatic carbocycles. The van der Waals surface area contributed by atoms with Crippen LogP contribution in [0.4, 0.5) is 5.13 Å². The lowest BCUT2D eigenvalue weighted by atomic mass is 10.2. The van der Waals surface area contributed by atoms with Gasteiger partial charge in [-0.05, 0) is 54.6 Å². The van der Waals surface area contributed by atoms with E-state index in [0.29, 0.717) is 21.5 Å². The number of sulfonamides is 1. The average Bonchev–Trinajstić information content (AvgIpc) is 3.56. The highest BCUT2D eigenvalue weighted by Crippen LogP contribution is 2.32. The molecule has 0 unspecified atom stereocenters. The molecule has 0 spiro atoms. The van der Waals surface area contributed by atoms with E-state index in [9.17, 15) is 13.2 Å². The Labute approximate surface area is 224 Å². The molecule has 0 aliphatic heterocycles. The third kappa shape index (κ3) is 6.38. The maximum Gasteiger partial charge on any atom is 0.260 e. The molecule has 2 aromatic heterocycles. The molecular weight excluding hydrogens is 538 g/mol. The number of nitrogens with zero attached hydrogens (tertiary/aromatic N) is 3. The van der Waals surface area contributed by atoms with E-state index in [1.165, 1.54) is 65.3 Å². The fraction of sp³-hybridized carbons (Fsp3) is 0.280. The number of furan rings is 1. The predicted molar refractivity (Wildman–Crippen MR) is 143 cm³/mol. The number of halogens is 1. The molecular formula is C25H26ClN3O6S2. The number of hydrogen-bond acceptors (Lipinski definition) is 8. The summed E-state index contributed by atoms with van der Waals surface area (Å²) in [7, 11) is -0.792. The van der Waals surface area contributed by atoms with E-state index in [1.807, 2.05) is 0 Å². The van der Waals surface area contributed by atoms with Crippen LogP contribution < -0.4 is 4.90 Å². The fourth-order valence-electron chi connectivity index (χ4n) is 3.60. The van der Waals surface area contributed by atoms with Crippen molar-refractivity contribution in [2.24, 2.45) is 0 Å². The maximum atomic E-state index is 13.6. The van der Waals surface area contributed by atoms with Gasteiger partial charge in [0.15, 0.2) is 5.13 Å². The Kier molecular flexibility index (Phi) is 8.95. The van der Waals surface area contributed by atoms with Gasteiger partial charge < -0.3 is 13.9 Å². The predicted octanol–water partition coefficient (Wildman–Crippen LogP) is 4.67. The lowest BCUT2D eigenvalue weighted by Crippen LogP contribution is -2.36. The zero-order valence-electron chi connectivity index (χ0n) is 20.3. The zero-order chi connectivity index (χ0) is 26.4. The fourth-order valence-corrected chi connectivity index (χ4v) is 6.25. The molecule has 2 heterocycles. The van der Waals surface area contributed by atoms with Gasteiger partial charge in [-0.3, -0.25) is 9.69 Å². The monoisotopic (exact) mass is 563 g/mol. The number of ether oxygens (including phenoxy) is 2. The molecule has 0 radical (unpaired) electrons. The highest BCUT2D eigenvalue weighted by atomic mass is 35.5. The molecule has 0 aliphatic rings. The summed E-state index contributed by atoms with van der Waals surface area (Å²) in [6, 6.07) is 14.7. The van der Waals surface area contributed by atoms with Crippen molar-refractivity contribution >= 4 is 54.2 Å². The largest absolute Gasteiger partial charge is 0.467 e.